The summed E-state index contributed by atoms with van der Waals surface area (Å²) >= 11 is 1.61. The van der Waals surface area contributed by atoms with Crippen LogP contribution in [-0.2, 0) is 14.3 Å². The number of carbonyl (C=O) groups excluding carboxylic acids is 3. The first-order valence-electron chi connectivity index (χ1n) is 14.6. The van der Waals surface area contributed by atoms with Gasteiger partial charge in [0.15, 0.2) is 0 Å². The van der Waals surface area contributed by atoms with E-state index >= 15 is 0 Å². The first-order chi connectivity index (χ1) is 18.5. The zero-order valence-electron chi connectivity index (χ0n) is 25.7. The molecule has 3 amide bonds. The molecule has 0 spiro atoms. The van der Waals surface area contributed by atoms with E-state index in [4.69, 9.17) is 4.74 Å². The standard InChI is InChI=1S/C31H53N3O4S/c1-9-11-13-15-21-34(29(36)25(19-22-39-8)33-30(37)38-31(5,6)7)27(28(35)32-20-14-12-10-2)26-23(3)17-16-18-24(26)4/h16-18,25,27H,9-15,19-22H2,1-8H3,(H,32,35)(H,33,37). The minimum absolute atomic E-state index is 0.173. The van der Waals surface area contributed by atoms with E-state index in [1.165, 1.54) is 0 Å². The number of alkyl carbamates (subject to hydrolysis) is 1. The van der Waals surface area contributed by atoms with Crippen molar-refractivity contribution in [2.24, 2.45) is 0 Å². The largest absolute Gasteiger partial charge is 0.444 e. The average Bonchev–Trinajstić information content (AvgIpc) is 2.86. The molecule has 0 aliphatic carbocycles. The highest BCUT2D eigenvalue weighted by Gasteiger charge is 2.37. The van der Waals surface area contributed by atoms with Crippen LogP contribution in [0.15, 0.2) is 18.2 Å². The molecule has 1 rings (SSSR count). The molecule has 2 atom stereocenters. The van der Waals surface area contributed by atoms with Crippen molar-refractivity contribution >= 4 is 29.7 Å². The number of nitrogens with zero attached hydrogens (tertiary/aromatic N) is 1. The molecule has 0 aliphatic heterocycles. The topological polar surface area (TPSA) is 87.7 Å². The van der Waals surface area contributed by atoms with E-state index in [-0.39, 0.29) is 11.8 Å². The average molecular weight is 564 g/mol. The Labute approximate surface area is 241 Å². The van der Waals surface area contributed by atoms with Gasteiger partial charge in [-0.1, -0.05) is 64.2 Å². The second-order valence-corrected chi connectivity index (χ2v) is 12.3. The molecule has 0 aromatic heterocycles. The van der Waals surface area contributed by atoms with Gasteiger partial charge in [0.25, 0.3) is 0 Å². The number of hydrogen-bond donors (Lipinski definition) is 2. The van der Waals surface area contributed by atoms with Gasteiger partial charge in [-0.05, 0) is 82.6 Å². The lowest BCUT2D eigenvalue weighted by Gasteiger charge is -2.36. The van der Waals surface area contributed by atoms with Crippen LogP contribution in [0.4, 0.5) is 4.79 Å². The van der Waals surface area contributed by atoms with Gasteiger partial charge in [-0.25, -0.2) is 4.79 Å². The highest BCUT2D eigenvalue weighted by molar-refractivity contribution is 7.98. The van der Waals surface area contributed by atoms with Gasteiger partial charge in [0, 0.05) is 13.1 Å². The summed E-state index contributed by atoms with van der Waals surface area (Å²) in [5, 5.41) is 5.94. The molecule has 0 aliphatic rings. The predicted octanol–water partition coefficient (Wildman–Crippen LogP) is 6.71. The summed E-state index contributed by atoms with van der Waals surface area (Å²) in [6.07, 6.45) is 8.66. The SMILES string of the molecule is CCCCCCN(C(=O)C(CCSC)NC(=O)OC(C)(C)C)C(C(=O)NCCCCC)c1c(C)cccc1C. The maximum Gasteiger partial charge on any atom is 0.408 e. The third kappa shape index (κ3) is 12.7. The molecule has 0 saturated carbocycles. The van der Waals surface area contributed by atoms with Crippen LogP contribution in [-0.4, -0.2) is 59.5 Å². The van der Waals surface area contributed by atoms with E-state index in [1.807, 2.05) is 38.3 Å². The third-order valence-corrected chi connectivity index (χ3v) is 7.23. The summed E-state index contributed by atoms with van der Waals surface area (Å²) in [5.74, 6) is 0.267. The minimum Gasteiger partial charge on any atom is -0.444 e. The molecule has 2 unspecified atom stereocenters. The van der Waals surface area contributed by atoms with E-state index in [1.54, 1.807) is 37.4 Å². The Morgan fingerprint density at radius 3 is 2.15 bits per heavy atom. The molecule has 1 aromatic rings. The van der Waals surface area contributed by atoms with Crippen LogP contribution in [0.5, 0.6) is 0 Å². The number of rotatable bonds is 17. The number of thioether (sulfide) groups is 1. The third-order valence-electron chi connectivity index (χ3n) is 6.59. The fourth-order valence-electron chi connectivity index (χ4n) is 4.59. The summed E-state index contributed by atoms with van der Waals surface area (Å²) in [6, 6.07) is 4.38. The van der Waals surface area contributed by atoms with Crippen LogP contribution < -0.4 is 10.6 Å². The number of ether oxygens (including phenoxy) is 1. The molecule has 1 aromatic carbocycles. The van der Waals surface area contributed by atoms with Gasteiger partial charge in [0.1, 0.15) is 17.7 Å². The number of nitrogens with one attached hydrogen (secondary N) is 2. The van der Waals surface area contributed by atoms with Crippen molar-refractivity contribution in [3.63, 3.8) is 0 Å². The molecule has 0 fully saturated rings. The summed E-state index contributed by atoms with van der Waals surface area (Å²) in [7, 11) is 0. The van der Waals surface area contributed by atoms with Crippen molar-refractivity contribution < 1.29 is 19.1 Å². The quantitative estimate of drug-likeness (QED) is 0.206. The molecule has 0 bridgehead atoms. The Morgan fingerprint density at radius 1 is 0.974 bits per heavy atom. The number of amides is 3. The summed E-state index contributed by atoms with van der Waals surface area (Å²) in [4.78, 5) is 42.6. The van der Waals surface area contributed by atoms with Crippen molar-refractivity contribution in [3.05, 3.63) is 34.9 Å². The number of carbonyl (C=O) groups is 3. The maximum atomic E-state index is 14.3. The number of aryl methyl sites for hydroxylation is 2. The van der Waals surface area contributed by atoms with Gasteiger partial charge in [-0.3, -0.25) is 9.59 Å². The highest BCUT2D eigenvalue weighted by atomic mass is 32.2. The fraction of sp³-hybridized carbons (Fsp3) is 0.710. The fourth-order valence-corrected chi connectivity index (χ4v) is 5.06. The summed E-state index contributed by atoms with van der Waals surface area (Å²) < 4.78 is 5.49. The normalized spacial score (nSPS) is 12.9. The zero-order valence-corrected chi connectivity index (χ0v) is 26.5. The Hall–Kier alpha value is -2.22. The zero-order chi connectivity index (χ0) is 29.4. The molecule has 7 nitrogen and oxygen atoms in total. The van der Waals surface area contributed by atoms with E-state index in [0.29, 0.717) is 25.3 Å². The molecule has 222 valence electrons. The Balaban J connectivity index is 3.50. The van der Waals surface area contributed by atoms with E-state index in [2.05, 4.69) is 24.5 Å². The van der Waals surface area contributed by atoms with Crippen LogP contribution in [0, 0.1) is 13.8 Å². The second kappa shape index (κ2) is 18.2. The molecular weight excluding hydrogens is 510 g/mol. The molecule has 0 radical (unpaired) electrons. The Kier molecular flexibility index (Phi) is 16.2. The second-order valence-electron chi connectivity index (χ2n) is 11.3. The van der Waals surface area contributed by atoms with Gasteiger partial charge < -0.3 is 20.3 Å². The van der Waals surface area contributed by atoms with Crippen LogP contribution >= 0.6 is 11.8 Å². The van der Waals surface area contributed by atoms with Gasteiger partial charge in [0.2, 0.25) is 11.8 Å². The van der Waals surface area contributed by atoms with Crippen molar-refractivity contribution in [1.29, 1.82) is 0 Å². The lowest BCUT2D eigenvalue weighted by molar-refractivity contribution is -0.142. The smallest absolute Gasteiger partial charge is 0.408 e. The predicted molar refractivity (Wildman–Crippen MR) is 163 cm³/mol. The van der Waals surface area contributed by atoms with E-state index in [0.717, 1.165) is 61.6 Å². The Morgan fingerprint density at radius 2 is 1.59 bits per heavy atom. The monoisotopic (exact) mass is 563 g/mol. The molecule has 0 saturated heterocycles. The first-order valence-corrected chi connectivity index (χ1v) is 16.0. The number of hydrogen-bond acceptors (Lipinski definition) is 5. The first kappa shape index (κ1) is 34.8. The maximum absolute atomic E-state index is 14.3. The van der Waals surface area contributed by atoms with Crippen LogP contribution in [0.25, 0.3) is 0 Å². The van der Waals surface area contributed by atoms with Gasteiger partial charge >= 0.3 is 6.09 Å². The van der Waals surface area contributed by atoms with Crippen LogP contribution in [0.1, 0.15) is 109 Å². The van der Waals surface area contributed by atoms with Crippen LogP contribution in [0.2, 0.25) is 0 Å². The van der Waals surface area contributed by atoms with Crippen molar-refractivity contribution in [2.45, 2.75) is 118 Å². The lowest BCUT2D eigenvalue weighted by Crippen LogP contribution is -2.53. The van der Waals surface area contributed by atoms with Gasteiger partial charge in [-0.2, -0.15) is 11.8 Å². The molecule has 8 heteroatoms. The Bertz CT molecular complexity index is 880. The minimum atomic E-state index is -0.793. The van der Waals surface area contributed by atoms with Crippen LogP contribution in [0.3, 0.4) is 0 Å². The van der Waals surface area contributed by atoms with E-state index in [9.17, 15) is 14.4 Å². The number of benzene rings is 1. The van der Waals surface area contributed by atoms with Gasteiger partial charge in [0.05, 0.1) is 0 Å². The van der Waals surface area contributed by atoms with Gasteiger partial charge in [-0.15, -0.1) is 0 Å². The highest BCUT2D eigenvalue weighted by Crippen LogP contribution is 2.29. The molecular formula is C31H53N3O4S. The van der Waals surface area contributed by atoms with E-state index < -0.39 is 23.8 Å². The molecule has 39 heavy (non-hydrogen) atoms. The lowest BCUT2D eigenvalue weighted by atomic mass is 9.93. The molecule has 0 heterocycles. The summed E-state index contributed by atoms with van der Waals surface area (Å²) in [6.45, 7) is 14.7. The van der Waals surface area contributed by atoms with Crippen molar-refractivity contribution in [3.8, 4) is 0 Å². The van der Waals surface area contributed by atoms with Crippen molar-refractivity contribution in [2.75, 3.05) is 25.1 Å². The number of unbranched alkanes of at least 4 members (excludes halogenated alkanes) is 5. The van der Waals surface area contributed by atoms with Crippen molar-refractivity contribution in [1.82, 2.24) is 15.5 Å². The molecule has 2 N–H and O–H groups in total. The summed E-state index contributed by atoms with van der Waals surface area (Å²) in [5.41, 5.74) is 2.11.